The van der Waals surface area contributed by atoms with Gasteiger partial charge in [-0.15, -0.1) is 0 Å². The van der Waals surface area contributed by atoms with E-state index in [2.05, 4.69) is 15.2 Å². The lowest BCUT2D eigenvalue weighted by Crippen LogP contribution is -2.50. The van der Waals surface area contributed by atoms with Gasteiger partial charge in [-0.2, -0.15) is 5.10 Å². The summed E-state index contributed by atoms with van der Waals surface area (Å²) in [6.45, 7) is 5.18. The zero-order chi connectivity index (χ0) is 17.2. The molecular formula is C16H19N3O4. The van der Waals surface area contributed by atoms with Crippen molar-refractivity contribution in [1.29, 1.82) is 0 Å². The molecule has 1 heterocycles. The van der Waals surface area contributed by atoms with Crippen molar-refractivity contribution >= 4 is 22.6 Å². The van der Waals surface area contributed by atoms with Crippen LogP contribution in [0.5, 0.6) is 0 Å². The van der Waals surface area contributed by atoms with Gasteiger partial charge in [0, 0.05) is 11.9 Å². The Labute approximate surface area is 133 Å². The summed E-state index contributed by atoms with van der Waals surface area (Å²) in [7, 11) is 1.25. The minimum Gasteiger partial charge on any atom is -0.467 e. The van der Waals surface area contributed by atoms with Crippen LogP contribution in [0.15, 0.2) is 29.1 Å². The molecule has 0 saturated carbocycles. The number of carbonyl (C=O) groups is 2. The zero-order valence-electron chi connectivity index (χ0n) is 13.5. The minimum absolute atomic E-state index is 0.0963. The number of carbonyl (C=O) groups excluding carboxylic acids is 2. The van der Waals surface area contributed by atoms with Gasteiger partial charge < -0.3 is 10.1 Å². The third-order valence-corrected chi connectivity index (χ3v) is 3.50. The van der Waals surface area contributed by atoms with Crippen LogP contribution in [0.2, 0.25) is 0 Å². The van der Waals surface area contributed by atoms with Crippen LogP contribution in [0.25, 0.3) is 10.8 Å². The van der Waals surface area contributed by atoms with E-state index in [4.69, 9.17) is 0 Å². The highest BCUT2D eigenvalue weighted by Gasteiger charge is 2.32. The molecular weight excluding hydrogens is 298 g/mol. The molecule has 1 aromatic heterocycles. The van der Waals surface area contributed by atoms with Crippen molar-refractivity contribution in [1.82, 2.24) is 15.1 Å². The Balaban J connectivity index is 2.55. The van der Waals surface area contributed by atoms with Crippen molar-refractivity contribution in [3.8, 4) is 0 Å². The number of hydrogen-bond acceptors (Lipinski definition) is 5. The summed E-state index contributed by atoms with van der Waals surface area (Å²) in [5.74, 6) is -1.11. The minimum atomic E-state index is -1.21. The number of ether oxygens (including phenoxy) is 1. The molecule has 1 aromatic carbocycles. The highest BCUT2D eigenvalue weighted by atomic mass is 16.5. The monoisotopic (exact) mass is 317 g/mol. The molecule has 0 unspecified atom stereocenters. The van der Waals surface area contributed by atoms with Crippen molar-refractivity contribution in [2.24, 2.45) is 0 Å². The number of amides is 1. The molecule has 1 amide bonds. The van der Waals surface area contributed by atoms with E-state index in [1.165, 1.54) is 25.6 Å². The van der Waals surface area contributed by atoms with Gasteiger partial charge in [0.2, 0.25) is 0 Å². The lowest BCUT2D eigenvalue weighted by Gasteiger charge is -2.23. The molecule has 0 aliphatic heterocycles. The number of esters is 1. The van der Waals surface area contributed by atoms with Crippen LogP contribution >= 0.6 is 0 Å². The van der Waals surface area contributed by atoms with Crippen molar-refractivity contribution in [2.75, 3.05) is 7.11 Å². The average molecular weight is 317 g/mol. The first kappa shape index (κ1) is 16.7. The van der Waals surface area contributed by atoms with Crippen LogP contribution in [-0.4, -0.2) is 34.3 Å². The molecule has 1 N–H and O–H groups in total. The highest BCUT2D eigenvalue weighted by molar-refractivity contribution is 6.06. The number of hydrogen-bond donors (Lipinski definition) is 1. The molecule has 0 atom stereocenters. The second kappa shape index (κ2) is 6.20. The largest absolute Gasteiger partial charge is 0.467 e. The van der Waals surface area contributed by atoms with E-state index >= 15 is 0 Å². The van der Waals surface area contributed by atoms with Crippen LogP contribution in [0.1, 0.15) is 31.3 Å². The number of rotatable bonds is 4. The topological polar surface area (TPSA) is 90.3 Å². The molecule has 0 fully saturated rings. The maximum atomic E-state index is 12.6. The van der Waals surface area contributed by atoms with Gasteiger partial charge in [0.1, 0.15) is 5.54 Å². The Morgan fingerprint density at radius 1 is 1.26 bits per heavy atom. The number of aromatic nitrogens is 2. The van der Waals surface area contributed by atoms with Gasteiger partial charge >= 0.3 is 5.97 Å². The first-order valence-corrected chi connectivity index (χ1v) is 7.22. The predicted molar refractivity (Wildman–Crippen MR) is 85.2 cm³/mol. The van der Waals surface area contributed by atoms with Crippen molar-refractivity contribution in [3.63, 3.8) is 0 Å². The smallest absolute Gasteiger partial charge is 0.330 e. The normalized spacial score (nSPS) is 11.3. The maximum absolute atomic E-state index is 12.6. The van der Waals surface area contributed by atoms with Crippen LogP contribution in [0.3, 0.4) is 0 Å². The molecule has 2 aromatic rings. The van der Waals surface area contributed by atoms with Gasteiger partial charge in [-0.3, -0.25) is 9.59 Å². The molecule has 23 heavy (non-hydrogen) atoms. The summed E-state index contributed by atoms with van der Waals surface area (Å²) < 4.78 is 5.90. The first-order valence-electron chi connectivity index (χ1n) is 7.22. The Kier molecular flexibility index (Phi) is 4.49. The zero-order valence-corrected chi connectivity index (χ0v) is 13.5. The predicted octanol–water partition coefficient (Wildman–Crippen LogP) is 1.10. The molecule has 0 radical (unpaired) electrons. The van der Waals surface area contributed by atoms with Crippen molar-refractivity contribution in [3.05, 3.63) is 40.3 Å². The lowest BCUT2D eigenvalue weighted by molar-refractivity contribution is -0.146. The Morgan fingerprint density at radius 3 is 2.43 bits per heavy atom. The number of aryl methyl sites for hydroxylation is 1. The molecule has 0 bridgehead atoms. The fourth-order valence-electron chi connectivity index (χ4n) is 2.27. The Bertz CT molecular complexity index is 824. The van der Waals surface area contributed by atoms with E-state index < -0.39 is 17.4 Å². The summed E-state index contributed by atoms with van der Waals surface area (Å²) in [6.07, 6.45) is 0. The summed E-state index contributed by atoms with van der Waals surface area (Å²) in [5.41, 5.74) is -1.37. The summed E-state index contributed by atoms with van der Waals surface area (Å²) >= 11 is 0. The molecule has 0 saturated heterocycles. The van der Waals surface area contributed by atoms with E-state index in [9.17, 15) is 14.4 Å². The van der Waals surface area contributed by atoms with Crippen molar-refractivity contribution < 1.29 is 14.3 Å². The van der Waals surface area contributed by atoms with Gasteiger partial charge in [0.05, 0.1) is 12.5 Å². The number of nitrogens with zero attached hydrogens (tertiary/aromatic N) is 2. The van der Waals surface area contributed by atoms with E-state index in [1.54, 1.807) is 31.2 Å². The van der Waals surface area contributed by atoms with Crippen LogP contribution in [0, 0.1) is 0 Å². The molecule has 7 nitrogen and oxygen atoms in total. The quantitative estimate of drug-likeness (QED) is 0.853. The number of fused-ring (bicyclic) bond motifs is 1. The maximum Gasteiger partial charge on any atom is 0.330 e. The summed E-state index contributed by atoms with van der Waals surface area (Å²) in [6, 6.07) is 6.75. The van der Waals surface area contributed by atoms with Gasteiger partial charge in [-0.25, -0.2) is 9.48 Å². The van der Waals surface area contributed by atoms with Gasteiger partial charge in [-0.05, 0) is 26.8 Å². The van der Waals surface area contributed by atoms with Gasteiger partial charge in [-0.1, -0.05) is 18.2 Å². The van der Waals surface area contributed by atoms with Crippen molar-refractivity contribution in [2.45, 2.75) is 32.9 Å². The van der Waals surface area contributed by atoms with E-state index in [-0.39, 0.29) is 11.3 Å². The molecule has 2 rings (SSSR count). The summed E-state index contributed by atoms with van der Waals surface area (Å²) in [5, 5.41) is 7.58. The van der Waals surface area contributed by atoms with Gasteiger partial charge in [0.15, 0.2) is 5.69 Å². The molecule has 0 aliphatic carbocycles. The molecule has 7 heteroatoms. The average Bonchev–Trinajstić information content (AvgIpc) is 2.54. The second-order valence-electron chi connectivity index (χ2n) is 5.59. The lowest BCUT2D eigenvalue weighted by atomic mass is 10.0. The standard InChI is InChI=1S/C16H19N3O4/c1-5-19-14(21)11-9-7-6-8-10(11)12(18-19)13(20)17-16(2,3)15(22)23-4/h6-9H,5H2,1-4H3,(H,17,20). The van der Waals surface area contributed by atoms with E-state index in [0.29, 0.717) is 17.3 Å². The van der Waals surface area contributed by atoms with Gasteiger partial charge in [0.25, 0.3) is 11.5 Å². The third kappa shape index (κ3) is 3.08. The highest BCUT2D eigenvalue weighted by Crippen LogP contribution is 2.15. The Hall–Kier alpha value is -2.70. The van der Waals surface area contributed by atoms with E-state index in [0.717, 1.165) is 0 Å². The number of benzene rings is 1. The SMILES string of the molecule is CCn1nc(C(=O)NC(C)(C)C(=O)OC)c2ccccc2c1=O. The molecule has 0 aliphatic rings. The van der Waals surface area contributed by atoms with Crippen LogP contribution < -0.4 is 10.9 Å². The molecule has 122 valence electrons. The fraction of sp³-hybridized carbons (Fsp3) is 0.375. The Morgan fingerprint density at radius 2 is 1.87 bits per heavy atom. The van der Waals surface area contributed by atoms with E-state index in [1.807, 2.05) is 0 Å². The fourth-order valence-corrected chi connectivity index (χ4v) is 2.27. The number of nitrogens with one attached hydrogen (secondary N) is 1. The van der Waals surface area contributed by atoms with Crippen LogP contribution in [-0.2, 0) is 16.1 Å². The third-order valence-electron chi connectivity index (χ3n) is 3.50. The molecule has 0 spiro atoms. The second-order valence-corrected chi connectivity index (χ2v) is 5.59. The first-order chi connectivity index (χ1) is 10.8. The van der Waals surface area contributed by atoms with Crippen LogP contribution in [0.4, 0.5) is 0 Å². The number of methoxy groups -OCH3 is 1. The summed E-state index contributed by atoms with van der Waals surface area (Å²) in [4.78, 5) is 36.6.